The van der Waals surface area contributed by atoms with Crippen molar-refractivity contribution in [2.45, 2.75) is 18.7 Å². The lowest BCUT2D eigenvalue weighted by molar-refractivity contribution is -0.115. The Bertz CT molecular complexity index is 796. The number of alkyl halides is 1. The molecule has 0 radical (unpaired) electrons. The number of amides is 1. The average Bonchev–Trinajstić information content (AvgIpc) is 2.86. The molecule has 2 heterocycles. The first-order valence-corrected chi connectivity index (χ1v) is 7.53. The van der Waals surface area contributed by atoms with E-state index in [1.807, 2.05) is 59.1 Å². The number of nitrogens with zero attached hydrogens (tertiary/aromatic N) is 2. The predicted octanol–water partition coefficient (Wildman–Crippen LogP) is 3.49. The second-order valence-corrected chi connectivity index (χ2v) is 5.76. The highest BCUT2D eigenvalue weighted by atomic mass is 35.5. The van der Waals surface area contributed by atoms with Crippen molar-refractivity contribution in [3.05, 3.63) is 66.0 Å². The Morgan fingerprint density at radius 3 is 2.68 bits per heavy atom. The van der Waals surface area contributed by atoms with Crippen molar-refractivity contribution in [1.29, 1.82) is 0 Å². The van der Waals surface area contributed by atoms with Gasteiger partial charge in [-0.15, -0.1) is 11.6 Å². The molecule has 0 spiro atoms. The third-order valence-corrected chi connectivity index (χ3v) is 3.62. The van der Waals surface area contributed by atoms with Crippen LogP contribution < -0.4 is 5.32 Å². The van der Waals surface area contributed by atoms with Gasteiger partial charge in [-0.05, 0) is 24.6 Å². The molecule has 0 saturated heterocycles. The summed E-state index contributed by atoms with van der Waals surface area (Å²) in [6, 6.07) is 15.8. The number of carbonyl (C=O) groups is 1. The summed E-state index contributed by atoms with van der Waals surface area (Å²) >= 11 is 5.87. The fourth-order valence-corrected chi connectivity index (χ4v) is 2.36. The van der Waals surface area contributed by atoms with Crippen LogP contribution in [0.2, 0.25) is 0 Å². The topological polar surface area (TPSA) is 46.4 Å². The fraction of sp³-hybridized carbons (Fsp3) is 0.176. The number of hydrogen-bond acceptors (Lipinski definition) is 2. The molecule has 0 aliphatic carbocycles. The average molecular weight is 314 g/mol. The van der Waals surface area contributed by atoms with E-state index in [1.54, 1.807) is 6.92 Å². The largest absolute Gasteiger partial charge is 0.309 e. The summed E-state index contributed by atoms with van der Waals surface area (Å²) in [5, 5.41) is 2.28. The van der Waals surface area contributed by atoms with Crippen LogP contribution in [0.3, 0.4) is 0 Å². The zero-order chi connectivity index (χ0) is 15.5. The first kappa shape index (κ1) is 14.6. The Hall–Kier alpha value is -2.33. The highest BCUT2D eigenvalue weighted by Gasteiger charge is 2.17. The van der Waals surface area contributed by atoms with Gasteiger partial charge in [0.1, 0.15) is 16.8 Å². The Labute approximate surface area is 133 Å². The van der Waals surface area contributed by atoms with Gasteiger partial charge in [0.25, 0.3) is 0 Å². The van der Waals surface area contributed by atoms with Crippen LogP contribution in [-0.2, 0) is 11.2 Å². The van der Waals surface area contributed by atoms with Crippen molar-refractivity contribution in [1.82, 2.24) is 9.38 Å². The highest BCUT2D eigenvalue weighted by molar-refractivity contribution is 6.32. The third-order valence-electron chi connectivity index (χ3n) is 3.42. The van der Waals surface area contributed by atoms with E-state index in [9.17, 15) is 4.79 Å². The van der Waals surface area contributed by atoms with Gasteiger partial charge >= 0.3 is 0 Å². The summed E-state index contributed by atoms with van der Waals surface area (Å²) in [6.45, 7) is 1.65. The number of imidazole rings is 1. The van der Waals surface area contributed by atoms with Gasteiger partial charge in [-0.3, -0.25) is 9.20 Å². The molecule has 0 saturated carbocycles. The monoisotopic (exact) mass is 313 g/mol. The molecule has 0 bridgehead atoms. The molecular formula is C17H16ClN3O. The molecule has 22 heavy (non-hydrogen) atoms. The maximum Gasteiger partial charge on any atom is 0.243 e. The minimum absolute atomic E-state index is 0.235. The Balaban J connectivity index is 2.02. The smallest absolute Gasteiger partial charge is 0.243 e. The van der Waals surface area contributed by atoms with Crippen LogP contribution in [-0.4, -0.2) is 20.7 Å². The standard InChI is InChI=1S/C17H16ClN3O/c1-12(18)17(22)20-16-14(11-13-7-3-2-4-8-13)19-15-9-5-6-10-21(15)16/h2-10,12H,11H2,1H3,(H,20,22)/t12-/m0/s1. The van der Waals surface area contributed by atoms with Crippen LogP contribution >= 0.6 is 11.6 Å². The van der Waals surface area contributed by atoms with Crippen molar-refractivity contribution >= 4 is 29.0 Å². The Morgan fingerprint density at radius 1 is 1.23 bits per heavy atom. The highest BCUT2D eigenvalue weighted by Crippen LogP contribution is 2.21. The molecule has 0 unspecified atom stereocenters. The first-order chi connectivity index (χ1) is 10.6. The summed E-state index contributed by atoms with van der Waals surface area (Å²) in [5.74, 6) is 0.443. The van der Waals surface area contributed by atoms with Crippen LogP contribution in [0.4, 0.5) is 5.82 Å². The molecule has 0 aliphatic rings. The molecule has 4 nitrogen and oxygen atoms in total. The first-order valence-electron chi connectivity index (χ1n) is 7.10. The fourth-order valence-electron chi connectivity index (χ4n) is 2.31. The van der Waals surface area contributed by atoms with Gasteiger partial charge < -0.3 is 5.32 Å². The van der Waals surface area contributed by atoms with Crippen molar-refractivity contribution in [3.8, 4) is 0 Å². The van der Waals surface area contributed by atoms with E-state index in [0.29, 0.717) is 12.2 Å². The van der Waals surface area contributed by atoms with E-state index in [4.69, 9.17) is 11.6 Å². The quantitative estimate of drug-likeness (QED) is 0.749. The molecule has 1 aromatic carbocycles. The van der Waals surface area contributed by atoms with Gasteiger partial charge in [0.2, 0.25) is 5.91 Å². The summed E-state index contributed by atoms with van der Waals surface area (Å²) in [5.41, 5.74) is 2.76. The number of aromatic nitrogens is 2. The molecule has 3 aromatic rings. The maximum atomic E-state index is 12.0. The van der Waals surface area contributed by atoms with Gasteiger partial charge in [-0.2, -0.15) is 0 Å². The summed E-state index contributed by atoms with van der Waals surface area (Å²) < 4.78 is 1.87. The van der Waals surface area contributed by atoms with Crippen LogP contribution in [0.25, 0.3) is 5.65 Å². The van der Waals surface area contributed by atoms with Crippen molar-refractivity contribution < 1.29 is 4.79 Å². The Kier molecular flexibility index (Phi) is 4.11. The van der Waals surface area contributed by atoms with E-state index in [2.05, 4.69) is 10.3 Å². The Morgan fingerprint density at radius 2 is 1.95 bits per heavy atom. The minimum Gasteiger partial charge on any atom is -0.309 e. The number of anilines is 1. The van der Waals surface area contributed by atoms with E-state index in [1.165, 1.54) is 0 Å². The molecule has 0 aliphatic heterocycles. The van der Waals surface area contributed by atoms with Crippen LogP contribution in [0, 0.1) is 0 Å². The van der Waals surface area contributed by atoms with Crippen molar-refractivity contribution in [3.63, 3.8) is 0 Å². The predicted molar refractivity (Wildman–Crippen MR) is 88.4 cm³/mol. The second-order valence-electron chi connectivity index (χ2n) is 5.10. The molecule has 112 valence electrons. The number of hydrogen-bond donors (Lipinski definition) is 1. The molecule has 0 fully saturated rings. The number of pyridine rings is 1. The number of carbonyl (C=O) groups excluding carboxylic acids is 1. The molecule has 2 aromatic heterocycles. The molecule has 3 rings (SSSR count). The number of benzene rings is 1. The third kappa shape index (κ3) is 2.97. The molecular weight excluding hydrogens is 298 g/mol. The normalized spacial score (nSPS) is 12.3. The van der Waals surface area contributed by atoms with Gasteiger partial charge in [-0.1, -0.05) is 36.4 Å². The van der Waals surface area contributed by atoms with Gasteiger partial charge in [0, 0.05) is 12.6 Å². The van der Waals surface area contributed by atoms with Crippen LogP contribution in [0.5, 0.6) is 0 Å². The number of rotatable bonds is 4. The molecule has 5 heteroatoms. The SMILES string of the molecule is C[C@H](Cl)C(=O)Nc1c(Cc2ccccc2)nc2ccccn12. The molecule has 1 amide bonds. The zero-order valence-electron chi connectivity index (χ0n) is 12.2. The summed E-state index contributed by atoms with van der Waals surface area (Å²) in [6.07, 6.45) is 2.53. The summed E-state index contributed by atoms with van der Waals surface area (Å²) in [4.78, 5) is 16.6. The molecule has 1 N–H and O–H groups in total. The van der Waals surface area contributed by atoms with Crippen molar-refractivity contribution in [2.75, 3.05) is 5.32 Å². The molecule has 1 atom stereocenters. The van der Waals surface area contributed by atoms with Gasteiger partial charge in [0.15, 0.2) is 0 Å². The maximum absolute atomic E-state index is 12.0. The second kappa shape index (κ2) is 6.20. The lowest BCUT2D eigenvalue weighted by Crippen LogP contribution is -2.22. The summed E-state index contributed by atoms with van der Waals surface area (Å²) in [7, 11) is 0. The minimum atomic E-state index is -0.598. The number of nitrogens with one attached hydrogen (secondary N) is 1. The zero-order valence-corrected chi connectivity index (χ0v) is 12.9. The van der Waals surface area contributed by atoms with Gasteiger partial charge in [0.05, 0.1) is 5.69 Å². The van der Waals surface area contributed by atoms with Gasteiger partial charge in [-0.25, -0.2) is 4.98 Å². The number of fused-ring (bicyclic) bond motifs is 1. The van der Waals surface area contributed by atoms with E-state index in [-0.39, 0.29) is 5.91 Å². The lowest BCUT2D eigenvalue weighted by atomic mass is 10.1. The van der Waals surface area contributed by atoms with E-state index in [0.717, 1.165) is 16.9 Å². The van der Waals surface area contributed by atoms with E-state index < -0.39 is 5.38 Å². The van der Waals surface area contributed by atoms with E-state index >= 15 is 0 Å². The lowest BCUT2D eigenvalue weighted by Gasteiger charge is -2.08. The van der Waals surface area contributed by atoms with Crippen LogP contribution in [0.1, 0.15) is 18.2 Å². The van der Waals surface area contributed by atoms with Crippen molar-refractivity contribution in [2.24, 2.45) is 0 Å². The van der Waals surface area contributed by atoms with Crippen LogP contribution in [0.15, 0.2) is 54.7 Å². The number of halogens is 1.